The van der Waals surface area contributed by atoms with Crippen molar-refractivity contribution in [3.05, 3.63) is 0 Å². The van der Waals surface area contributed by atoms with Crippen LogP contribution in [0.15, 0.2) is 0 Å². The molecule has 0 aliphatic carbocycles. The minimum atomic E-state index is -2.31. The maximum atomic E-state index is 9.98. The number of hydrogen-bond acceptors (Lipinski definition) is 28. The summed E-state index contributed by atoms with van der Waals surface area (Å²) < 4.78 is 0. The summed E-state index contributed by atoms with van der Waals surface area (Å²) in [4.78, 5) is 39.9. The maximum Gasteiger partial charge on any atom is 2.00 e. The Morgan fingerprint density at radius 2 is 0.426 bits per heavy atom. The van der Waals surface area contributed by atoms with E-state index in [9.17, 15) is 39.6 Å². The van der Waals surface area contributed by atoms with Crippen molar-refractivity contribution in [3.8, 4) is 0 Å². The number of rotatable bonds is 20. The van der Waals surface area contributed by atoms with Gasteiger partial charge in [0.2, 0.25) is 0 Å². The third-order valence-corrected chi connectivity index (χ3v) is 5.98. The van der Waals surface area contributed by atoms with E-state index in [2.05, 4.69) is 0 Å². The van der Waals surface area contributed by atoms with Gasteiger partial charge in [-0.15, -0.1) is 0 Å². The second-order valence-corrected chi connectivity index (χ2v) is 9.98. The van der Waals surface area contributed by atoms with Crippen LogP contribution < -0.4 is 20.4 Å². The zero-order valence-electron chi connectivity index (χ0n) is 27.7. The van der Waals surface area contributed by atoms with Crippen LogP contribution in [0.3, 0.4) is 0 Å². The van der Waals surface area contributed by atoms with Crippen LogP contribution in [0.2, 0.25) is 0 Å². The molecule has 54 heavy (non-hydrogen) atoms. The molecule has 0 heterocycles. The molecule has 0 amide bonds. The molecule has 0 aromatic heterocycles. The number of carbonyl (C=O) groups is 4. The maximum absolute atomic E-state index is 9.98. The first-order valence-electron chi connectivity index (χ1n) is 13.8. The van der Waals surface area contributed by atoms with Crippen LogP contribution in [-0.4, -0.2) is 273 Å². The van der Waals surface area contributed by atoms with Crippen LogP contribution in [-0.2, 0) is 38.7 Å². The number of aliphatic hydroxyl groups is 20. The van der Waals surface area contributed by atoms with Crippen LogP contribution in [0.5, 0.6) is 0 Å². The van der Waals surface area contributed by atoms with Crippen molar-refractivity contribution in [1.29, 1.82) is 0 Å². The van der Waals surface area contributed by atoms with Gasteiger partial charge >= 0.3 is 42.5 Å². The number of carboxylic acids is 4. The van der Waals surface area contributed by atoms with Gasteiger partial charge in [0.05, 0.1) is 50.3 Å². The van der Waals surface area contributed by atoms with Crippen LogP contribution in [0.25, 0.3) is 0 Å². The van der Waals surface area contributed by atoms with Gasteiger partial charge in [0, 0.05) is 0 Å². The van der Waals surface area contributed by atoms with Gasteiger partial charge in [-0.05, 0) is 0 Å². The van der Waals surface area contributed by atoms with Gasteiger partial charge in [0.25, 0.3) is 0 Å². The van der Waals surface area contributed by atoms with Crippen LogP contribution in [0.4, 0.5) is 0 Å². The Bertz CT molecular complexity index is 848. The summed E-state index contributed by atoms with van der Waals surface area (Å²) >= 11 is 0. The normalized spacial score (nSPS) is 19.6. The molecule has 312 valence electrons. The topological polar surface area (TPSA) is 565 Å². The van der Waals surface area contributed by atoms with Crippen molar-refractivity contribution in [3.63, 3.8) is 0 Å². The van der Waals surface area contributed by atoms with E-state index in [0.717, 1.165) is 0 Å². The molecule has 0 aliphatic rings. The van der Waals surface area contributed by atoms with E-state index >= 15 is 0 Å². The van der Waals surface area contributed by atoms with E-state index in [1.165, 1.54) is 0 Å². The van der Waals surface area contributed by atoms with Crippen molar-refractivity contribution in [1.82, 2.24) is 0 Å². The summed E-state index contributed by atoms with van der Waals surface area (Å²) in [6.07, 6.45) is -32.3. The molecule has 0 bridgehead atoms. The molecule has 0 radical (unpaired) electrons. The molecule has 0 rings (SSSR count). The van der Waals surface area contributed by atoms with E-state index < -0.39 is 148 Å². The summed E-state index contributed by atoms with van der Waals surface area (Å²) in [5.41, 5.74) is 0. The zero-order chi connectivity index (χ0) is 42.4. The number of carboxylic acid groups (broad SMARTS) is 4. The number of aliphatic carboxylic acids is 4. The third kappa shape index (κ3) is 24.9. The second kappa shape index (κ2) is 33.6. The average Bonchev–Trinajstić information content (AvgIpc) is 3.12. The predicted octanol–water partition coefficient (Wildman–Crippen LogP) is -19.7. The van der Waals surface area contributed by atoms with Gasteiger partial charge in [0.1, 0.15) is 97.7 Å². The largest absolute Gasteiger partial charge is 2.00 e. The van der Waals surface area contributed by atoms with Gasteiger partial charge in [-0.1, -0.05) is 0 Å². The van der Waals surface area contributed by atoms with Gasteiger partial charge in [-0.3, -0.25) is 0 Å². The number of aliphatic hydroxyl groups excluding tert-OH is 20. The van der Waals surface area contributed by atoms with E-state index in [1.807, 2.05) is 0 Å². The van der Waals surface area contributed by atoms with E-state index in [1.54, 1.807) is 0 Å². The number of hydrogen-bond donors (Lipinski definition) is 20. The van der Waals surface area contributed by atoms with Gasteiger partial charge < -0.3 is 142 Å². The fraction of sp³-hybridized carbons (Fsp3) is 0.833. The van der Waals surface area contributed by atoms with Crippen molar-refractivity contribution in [2.45, 2.75) is 97.7 Å². The fourth-order valence-corrected chi connectivity index (χ4v) is 2.65. The third-order valence-electron chi connectivity index (χ3n) is 5.98. The fourth-order valence-electron chi connectivity index (χ4n) is 2.65. The molecule has 0 aliphatic heterocycles. The summed E-state index contributed by atoms with van der Waals surface area (Å²) in [5, 5.41) is 214. The molecule has 28 nitrogen and oxygen atoms in total. The Morgan fingerprint density at radius 3 is 0.500 bits per heavy atom. The molecule has 0 spiro atoms. The van der Waals surface area contributed by atoms with Gasteiger partial charge in [-0.2, -0.15) is 0 Å². The summed E-state index contributed by atoms with van der Waals surface area (Å²) in [7, 11) is 0. The minimum absolute atomic E-state index is 0. The SMILES string of the molecule is O=C([O-])[C@@H](O)[C@H](O)[C@@H](O)[C@@H](O)CO.O=C([O-])[C@@H](O)[C@H](O)[C@@H](O)[C@@H](O)CO.O=C([O-])[C@@H](O)[C@H](O)[C@@H](O)[C@@H](O)CO.O=C([O-])[C@@H](O)[C@H](O)[C@@H](O)[C@@H](O)CO.[Mg+2].[Zn+2]. The van der Waals surface area contributed by atoms with E-state index in [0.29, 0.717) is 0 Å². The Labute approximate surface area is 331 Å². The molecule has 0 aromatic rings. The number of carbonyl (C=O) groups excluding carboxylic acids is 4. The molecule has 0 unspecified atom stereocenters. The quantitative estimate of drug-likeness (QED) is 0.0505. The summed E-state index contributed by atoms with van der Waals surface area (Å²) in [5.74, 6) is -7.90. The van der Waals surface area contributed by atoms with Gasteiger partial charge in [-0.25, -0.2) is 0 Å². The standard InChI is InChI=1S/4C6H12O7.Mg.Zn/c4*7-1-2(8)3(9)4(10)5(11)6(12)13;;/h4*2-5,7-11H,1H2,(H,12,13);;/q;;;;2*+2/p-4/t4*2-,3-,4+,5-;;/m0000../s1. The zero-order valence-corrected chi connectivity index (χ0v) is 32.1. The molecule has 0 saturated heterocycles. The minimum Gasteiger partial charge on any atom is -0.547 e. The van der Waals surface area contributed by atoms with Crippen LogP contribution >= 0.6 is 0 Å². The van der Waals surface area contributed by atoms with E-state index in [-0.39, 0.29) is 42.5 Å². The Balaban J connectivity index is -0.000000140. The first-order chi connectivity index (χ1) is 23.7. The molecule has 16 atom stereocenters. The van der Waals surface area contributed by atoms with Crippen LogP contribution in [0.1, 0.15) is 0 Å². The molecule has 0 saturated carbocycles. The predicted molar refractivity (Wildman–Crippen MR) is 150 cm³/mol. The van der Waals surface area contributed by atoms with Gasteiger partial charge in [0.15, 0.2) is 0 Å². The molecular weight excluding hydrogens is 826 g/mol. The second-order valence-electron chi connectivity index (χ2n) is 9.98. The van der Waals surface area contributed by atoms with Crippen molar-refractivity contribution in [2.75, 3.05) is 26.4 Å². The van der Waals surface area contributed by atoms with Crippen molar-refractivity contribution < 1.29 is 161 Å². The average molecular weight is 870 g/mol. The Hall–Kier alpha value is -1.53. The molecule has 30 heteroatoms. The van der Waals surface area contributed by atoms with E-state index in [4.69, 9.17) is 102 Å². The first-order valence-corrected chi connectivity index (χ1v) is 13.8. The summed E-state index contributed by atoms with van der Waals surface area (Å²) in [6, 6.07) is 0. The molecule has 20 N–H and O–H groups in total. The Morgan fingerprint density at radius 1 is 0.315 bits per heavy atom. The first kappa shape index (κ1) is 64.4. The monoisotopic (exact) mass is 868 g/mol. The summed E-state index contributed by atoms with van der Waals surface area (Å²) in [6.45, 7) is -3.45. The Kier molecular flexibility index (Phi) is 40.0. The van der Waals surface area contributed by atoms with Crippen molar-refractivity contribution in [2.24, 2.45) is 0 Å². The molecular formula is C24H44MgO28Zn. The smallest absolute Gasteiger partial charge is 0.547 e. The molecule has 0 aromatic carbocycles. The van der Waals surface area contributed by atoms with Crippen molar-refractivity contribution >= 4 is 46.9 Å². The molecule has 0 fully saturated rings. The van der Waals surface area contributed by atoms with Crippen LogP contribution in [0, 0.1) is 0 Å².